The molecule has 3 aliphatic rings. The largest absolute Gasteiger partial charge is 0.459 e. The van der Waals surface area contributed by atoms with Gasteiger partial charge in [-0.15, -0.1) is 0 Å². The SMILES string of the molecule is Cc1cc(C2=CC3(C(=O)OC(C)(C)C)CCC2(NC(=O)OCc2ccccc2)CC3)n(C)n1. The summed E-state index contributed by atoms with van der Waals surface area (Å²) in [5.41, 5.74) is 1.74. The van der Waals surface area contributed by atoms with Gasteiger partial charge >= 0.3 is 12.1 Å². The quantitative estimate of drug-likeness (QED) is 0.667. The second-order valence-corrected chi connectivity index (χ2v) is 10.3. The zero-order chi connectivity index (χ0) is 23.9. The summed E-state index contributed by atoms with van der Waals surface area (Å²) in [4.78, 5) is 26.1. The number of carbonyl (C=O) groups excluding carboxylic acids is 2. The maximum absolute atomic E-state index is 13.2. The van der Waals surface area contributed by atoms with Crippen molar-refractivity contribution in [3.8, 4) is 0 Å². The Labute approximate surface area is 195 Å². The summed E-state index contributed by atoms with van der Waals surface area (Å²) in [5, 5.41) is 7.66. The molecule has 33 heavy (non-hydrogen) atoms. The highest BCUT2D eigenvalue weighted by atomic mass is 16.6. The first kappa shape index (κ1) is 23.1. The summed E-state index contributed by atoms with van der Waals surface area (Å²) in [6.07, 6.45) is 4.03. The van der Waals surface area contributed by atoms with Crippen LogP contribution in [0.1, 0.15) is 63.4 Å². The minimum atomic E-state index is -0.696. The van der Waals surface area contributed by atoms with E-state index in [4.69, 9.17) is 9.47 Å². The monoisotopic (exact) mass is 451 g/mol. The number of carbonyl (C=O) groups is 2. The van der Waals surface area contributed by atoms with Crippen molar-refractivity contribution in [2.24, 2.45) is 12.5 Å². The summed E-state index contributed by atoms with van der Waals surface area (Å²) in [6.45, 7) is 7.79. The molecule has 176 valence electrons. The van der Waals surface area contributed by atoms with E-state index in [1.165, 1.54) is 0 Å². The molecule has 0 radical (unpaired) electrons. The van der Waals surface area contributed by atoms with Crippen LogP contribution in [0.5, 0.6) is 0 Å². The number of esters is 1. The van der Waals surface area contributed by atoms with E-state index in [1.54, 1.807) is 0 Å². The average Bonchev–Trinajstić information content (AvgIpc) is 3.10. The van der Waals surface area contributed by atoms with E-state index in [0.717, 1.165) is 22.5 Å². The Morgan fingerprint density at radius 3 is 2.36 bits per heavy atom. The van der Waals surface area contributed by atoms with Gasteiger partial charge in [0, 0.05) is 12.6 Å². The number of fused-ring (bicyclic) bond motifs is 2. The van der Waals surface area contributed by atoms with Crippen molar-refractivity contribution in [2.75, 3.05) is 0 Å². The van der Waals surface area contributed by atoms with Crippen LogP contribution < -0.4 is 5.32 Å². The number of amides is 1. The number of ether oxygens (including phenoxy) is 2. The van der Waals surface area contributed by atoms with Crippen molar-refractivity contribution >= 4 is 17.6 Å². The summed E-state index contributed by atoms with van der Waals surface area (Å²) in [6, 6.07) is 11.6. The Hall–Kier alpha value is -3.09. The molecule has 0 saturated heterocycles. The molecule has 0 aliphatic heterocycles. The molecule has 3 aliphatic carbocycles. The number of hydrogen-bond acceptors (Lipinski definition) is 5. The Bertz CT molecular complexity index is 1070. The van der Waals surface area contributed by atoms with Crippen molar-refractivity contribution in [1.29, 1.82) is 0 Å². The van der Waals surface area contributed by atoms with Gasteiger partial charge in [0.2, 0.25) is 0 Å². The van der Waals surface area contributed by atoms with Crippen LogP contribution in [0, 0.1) is 12.3 Å². The zero-order valence-corrected chi connectivity index (χ0v) is 20.1. The standard InChI is InChI=1S/C26H33N3O4/c1-18-15-21(29(5)28-18)20-16-25(22(30)33-24(2,3)4)11-13-26(20,14-12-25)27-23(31)32-17-19-9-7-6-8-10-19/h6-10,15-16H,11-14,17H2,1-5H3,(H,27,31). The molecule has 0 atom stereocenters. The molecule has 7 heteroatoms. The van der Waals surface area contributed by atoms with Gasteiger partial charge < -0.3 is 14.8 Å². The van der Waals surface area contributed by atoms with Crippen molar-refractivity contribution in [3.63, 3.8) is 0 Å². The van der Waals surface area contributed by atoms with Crippen LogP contribution in [0.3, 0.4) is 0 Å². The van der Waals surface area contributed by atoms with Gasteiger partial charge in [0.15, 0.2) is 0 Å². The molecule has 0 spiro atoms. The molecule has 1 fully saturated rings. The van der Waals surface area contributed by atoms with Gasteiger partial charge in [-0.1, -0.05) is 36.4 Å². The number of benzene rings is 1. The molecule has 1 N–H and O–H groups in total. The van der Waals surface area contributed by atoms with Crippen molar-refractivity contribution in [1.82, 2.24) is 15.1 Å². The fourth-order valence-corrected chi connectivity index (χ4v) is 4.92. The van der Waals surface area contributed by atoms with Gasteiger partial charge in [0.25, 0.3) is 0 Å². The normalized spacial score (nSPS) is 24.2. The fourth-order valence-electron chi connectivity index (χ4n) is 4.92. The highest BCUT2D eigenvalue weighted by Crippen LogP contribution is 2.55. The number of alkyl carbamates (subject to hydrolysis) is 1. The van der Waals surface area contributed by atoms with E-state index in [2.05, 4.69) is 10.4 Å². The molecular weight excluding hydrogens is 418 g/mol. The van der Waals surface area contributed by atoms with Crippen LogP contribution in [0.2, 0.25) is 0 Å². The highest BCUT2D eigenvalue weighted by molar-refractivity contribution is 5.88. The van der Waals surface area contributed by atoms with Crippen LogP contribution in [0.25, 0.3) is 5.57 Å². The van der Waals surface area contributed by atoms with Gasteiger partial charge in [-0.25, -0.2) is 4.79 Å². The third-order valence-electron chi connectivity index (χ3n) is 6.57. The van der Waals surface area contributed by atoms with Gasteiger partial charge in [-0.3, -0.25) is 9.48 Å². The molecule has 7 nitrogen and oxygen atoms in total. The first-order valence-corrected chi connectivity index (χ1v) is 11.5. The van der Waals surface area contributed by atoms with Gasteiger partial charge in [-0.05, 0) is 65.0 Å². The molecule has 2 aromatic rings. The smallest absolute Gasteiger partial charge is 0.408 e. The maximum atomic E-state index is 13.2. The summed E-state index contributed by atoms with van der Waals surface area (Å²) >= 11 is 0. The highest BCUT2D eigenvalue weighted by Gasteiger charge is 2.55. The Kier molecular flexibility index (Phi) is 5.85. The number of nitrogens with one attached hydrogen (secondary N) is 1. The van der Waals surface area contributed by atoms with Crippen molar-refractivity contribution in [3.05, 3.63) is 59.4 Å². The molecule has 1 heterocycles. The molecule has 1 aromatic carbocycles. The molecule has 1 aromatic heterocycles. The van der Waals surface area contributed by atoms with Crippen LogP contribution >= 0.6 is 0 Å². The zero-order valence-electron chi connectivity index (χ0n) is 20.1. The van der Waals surface area contributed by atoms with Crippen molar-refractivity contribution in [2.45, 2.75) is 71.1 Å². The Morgan fingerprint density at radius 1 is 1.12 bits per heavy atom. The minimum Gasteiger partial charge on any atom is -0.459 e. The minimum absolute atomic E-state index is 0.202. The lowest BCUT2D eigenvalue weighted by atomic mass is 9.58. The molecule has 5 rings (SSSR count). The Balaban J connectivity index is 1.63. The third-order valence-corrected chi connectivity index (χ3v) is 6.57. The van der Waals surface area contributed by atoms with Gasteiger partial charge in [0.05, 0.1) is 22.3 Å². The van der Waals surface area contributed by atoms with E-state index in [9.17, 15) is 9.59 Å². The topological polar surface area (TPSA) is 82.5 Å². The number of aryl methyl sites for hydroxylation is 2. The summed E-state index contributed by atoms with van der Waals surface area (Å²) in [7, 11) is 1.88. The van der Waals surface area contributed by atoms with E-state index < -0.39 is 22.6 Å². The lowest BCUT2D eigenvalue weighted by Gasteiger charge is -2.51. The number of rotatable bonds is 5. The summed E-state index contributed by atoms with van der Waals surface area (Å²) in [5.74, 6) is -0.202. The second kappa shape index (κ2) is 8.36. The van der Waals surface area contributed by atoms with Crippen LogP contribution in [0.15, 0.2) is 42.5 Å². The molecular formula is C26H33N3O4. The predicted molar refractivity (Wildman–Crippen MR) is 125 cm³/mol. The van der Waals surface area contributed by atoms with Crippen molar-refractivity contribution < 1.29 is 19.1 Å². The average molecular weight is 452 g/mol. The lowest BCUT2D eigenvalue weighted by Crippen LogP contribution is -2.58. The number of hydrogen-bond donors (Lipinski definition) is 1. The first-order valence-electron chi connectivity index (χ1n) is 11.5. The van der Waals surface area contributed by atoms with Crippen LogP contribution in [-0.2, 0) is 27.9 Å². The van der Waals surface area contributed by atoms with E-state index >= 15 is 0 Å². The van der Waals surface area contributed by atoms with E-state index in [1.807, 2.05) is 81.9 Å². The second-order valence-electron chi connectivity index (χ2n) is 10.3. The molecule has 1 saturated carbocycles. The fraction of sp³-hybridized carbons (Fsp3) is 0.500. The molecule has 0 unspecified atom stereocenters. The Morgan fingerprint density at radius 2 is 1.79 bits per heavy atom. The predicted octanol–water partition coefficient (Wildman–Crippen LogP) is 4.69. The lowest BCUT2D eigenvalue weighted by molar-refractivity contribution is -0.167. The van der Waals surface area contributed by atoms with Crippen LogP contribution in [-0.4, -0.2) is 33.0 Å². The van der Waals surface area contributed by atoms with Crippen LogP contribution in [0.4, 0.5) is 4.79 Å². The number of aromatic nitrogens is 2. The van der Waals surface area contributed by atoms with Gasteiger partial charge in [-0.2, -0.15) is 5.10 Å². The summed E-state index contributed by atoms with van der Waals surface area (Å²) < 4.78 is 13.2. The first-order chi connectivity index (χ1) is 15.5. The third kappa shape index (κ3) is 4.68. The maximum Gasteiger partial charge on any atom is 0.408 e. The van der Waals surface area contributed by atoms with Gasteiger partial charge in [0.1, 0.15) is 12.2 Å². The number of nitrogens with zero attached hydrogens (tertiary/aromatic N) is 2. The molecule has 1 amide bonds. The molecule has 2 bridgehead atoms. The van der Waals surface area contributed by atoms with E-state index in [-0.39, 0.29) is 12.6 Å². The van der Waals surface area contributed by atoms with E-state index in [0.29, 0.717) is 25.7 Å².